The lowest BCUT2D eigenvalue weighted by Crippen LogP contribution is -2.09. The summed E-state index contributed by atoms with van der Waals surface area (Å²) in [5, 5.41) is 5.71. The van der Waals surface area contributed by atoms with Crippen LogP contribution in [0.2, 0.25) is 5.02 Å². The number of hydrogen-bond donors (Lipinski definition) is 2. The van der Waals surface area contributed by atoms with E-state index in [4.69, 9.17) is 17.3 Å². The van der Waals surface area contributed by atoms with Crippen LogP contribution in [0, 0.1) is 5.82 Å². The molecule has 1 aromatic carbocycles. The number of nitrogen functional groups attached to an aromatic ring is 1. The van der Waals surface area contributed by atoms with Crippen molar-refractivity contribution in [1.82, 2.24) is 10.2 Å². The number of benzene rings is 1. The maximum atomic E-state index is 13.4. The molecule has 1 aromatic heterocycles. The Morgan fingerprint density at radius 1 is 1.39 bits per heavy atom. The molecule has 0 bridgehead atoms. The number of nitrogens with two attached hydrogens (primary N) is 1. The maximum Gasteiger partial charge on any atom is 0.287 e. The molecule has 0 spiro atoms. The smallest absolute Gasteiger partial charge is 0.287 e. The van der Waals surface area contributed by atoms with Gasteiger partial charge in [-0.15, -0.1) is 0 Å². The third kappa shape index (κ3) is 2.15. The number of aromatic nitrogens is 2. The van der Waals surface area contributed by atoms with E-state index in [1.165, 1.54) is 6.07 Å². The summed E-state index contributed by atoms with van der Waals surface area (Å²) in [7, 11) is 0. The Labute approximate surface area is 106 Å². The normalized spacial score (nSPS) is 11.8. The van der Waals surface area contributed by atoms with E-state index in [0.717, 1.165) is 12.1 Å². The van der Waals surface area contributed by atoms with Crippen molar-refractivity contribution in [3.8, 4) is 11.1 Å². The lowest BCUT2D eigenvalue weighted by atomic mass is 10.0. The molecule has 0 aliphatic carbocycles. The van der Waals surface area contributed by atoms with E-state index >= 15 is 0 Å². The molecule has 0 saturated heterocycles. The highest BCUT2D eigenvalue weighted by Gasteiger charge is 2.32. The lowest BCUT2D eigenvalue weighted by molar-refractivity contribution is 0.0133. The molecule has 18 heavy (non-hydrogen) atoms. The molecule has 7 heteroatoms. The number of H-pyrrole nitrogens is 1. The van der Waals surface area contributed by atoms with Crippen molar-refractivity contribution >= 4 is 17.4 Å². The van der Waals surface area contributed by atoms with Gasteiger partial charge < -0.3 is 5.73 Å². The molecule has 0 atom stereocenters. The van der Waals surface area contributed by atoms with Gasteiger partial charge in [-0.05, 0) is 18.2 Å². The van der Waals surface area contributed by atoms with Gasteiger partial charge in [-0.3, -0.25) is 5.10 Å². The first kappa shape index (κ1) is 12.8. The largest absolute Gasteiger partial charge is 0.382 e. The number of anilines is 1. The third-order valence-corrected chi connectivity index (χ3v) is 2.75. The highest BCUT2D eigenvalue weighted by Crippen LogP contribution is 2.40. The summed E-state index contributed by atoms with van der Waals surface area (Å²) < 4.78 is 39.7. The molecule has 2 aromatic rings. The van der Waals surface area contributed by atoms with Crippen LogP contribution in [0.5, 0.6) is 0 Å². The van der Waals surface area contributed by atoms with E-state index in [1.807, 2.05) is 0 Å². The van der Waals surface area contributed by atoms with E-state index < -0.39 is 17.4 Å². The molecular weight excluding hydrogens is 267 g/mol. The summed E-state index contributed by atoms with van der Waals surface area (Å²) in [5.74, 6) is -3.83. The van der Waals surface area contributed by atoms with Gasteiger partial charge in [0, 0.05) is 12.5 Å². The number of alkyl halides is 2. The second kappa shape index (κ2) is 4.20. The maximum absolute atomic E-state index is 13.4. The molecule has 3 nitrogen and oxygen atoms in total. The molecule has 0 saturated carbocycles. The first-order valence-electron chi connectivity index (χ1n) is 4.98. The van der Waals surface area contributed by atoms with Crippen LogP contribution in [-0.2, 0) is 5.92 Å². The van der Waals surface area contributed by atoms with Crippen LogP contribution in [0.25, 0.3) is 11.1 Å². The van der Waals surface area contributed by atoms with E-state index in [9.17, 15) is 13.2 Å². The van der Waals surface area contributed by atoms with Crippen molar-refractivity contribution in [1.29, 1.82) is 0 Å². The van der Waals surface area contributed by atoms with E-state index in [2.05, 4.69) is 10.2 Å². The summed E-state index contributed by atoms with van der Waals surface area (Å²) in [6, 6.07) is 3.43. The van der Waals surface area contributed by atoms with E-state index in [0.29, 0.717) is 6.92 Å². The van der Waals surface area contributed by atoms with Crippen molar-refractivity contribution in [2.45, 2.75) is 12.8 Å². The van der Waals surface area contributed by atoms with Crippen molar-refractivity contribution in [2.75, 3.05) is 5.73 Å². The molecule has 0 fully saturated rings. The minimum atomic E-state index is -3.16. The van der Waals surface area contributed by atoms with Crippen LogP contribution in [0.15, 0.2) is 18.2 Å². The second-order valence-electron chi connectivity index (χ2n) is 3.87. The van der Waals surface area contributed by atoms with Crippen LogP contribution in [0.4, 0.5) is 19.0 Å². The molecule has 3 N–H and O–H groups in total. The molecule has 1 heterocycles. The Morgan fingerprint density at radius 3 is 2.61 bits per heavy atom. The van der Waals surface area contributed by atoms with Crippen LogP contribution < -0.4 is 5.73 Å². The predicted molar refractivity (Wildman–Crippen MR) is 63.0 cm³/mol. The highest BCUT2D eigenvalue weighted by atomic mass is 35.5. The summed E-state index contributed by atoms with van der Waals surface area (Å²) in [6.07, 6.45) is 0. The number of nitrogens with one attached hydrogen (secondary N) is 1. The Morgan fingerprint density at radius 2 is 2.06 bits per heavy atom. The molecule has 0 unspecified atom stereocenters. The Bertz CT molecular complexity index is 590. The zero-order valence-electron chi connectivity index (χ0n) is 9.27. The summed E-state index contributed by atoms with van der Waals surface area (Å²) in [6.45, 7) is 0.709. The van der Waals surface area contributed by atoms with Gasteiger partial charge in [-0.1, -0.05) is 11.6 Å². The second-order valence-corrected chi connectivity index (χ2v) is 4.28. The lowest BCUT2D eigenvalue weighted by Gasteiger charge is -2.12. The fraction of sp³-hybridized carbons (Fsp3) is 0.182. The Hall–Kier alpha value is -1.69. The van der Waals surface area contributed by atoms with Gasteiger partial charge in [-0.25, -0.2) is 4.39 Å². The molecule has 0 amide bonds. The highest BCUT2D eigenvalue weighted by molar-refractivity contribution is 6.33. The summed E-state index contributed by atoms with van der Waals surface area (Å²) in [4.78, 5) is 0. The van der Waals surface area contributed by atoms with Crippen molar-refractivity contribution in [3.63, 3.8) is 0 Å². The fourth-order valence-corrected chi connectivity index (χ4v) is 1.90. The fourth-order valence-electron chi connectivity index (χ4n) is 1.64. The number of aromatic amines is 1. The minimum absolute atomic E-state index is 0.00593. The Kier molecular flexibility index (Phi) is 2.98. The average molecular weight is 276 g/mol. The zero-order chi connectivity index (χ0) is 13.5. The number of halogens is 4. The monoisotopic (exact) mass is 275 g/mol. The van der Waals surface area contributed by atoms with Gasteiger partial charge in [-0.2, -0.15) is 13.9 Å². The molecule has 96 valence electrons. The first-order chi connectivity index (χ1) is 8.30. The molecule has 0 radical (unpaired) electrons. The molecular formula is C11H9ClF3N3. The minimum Gasteiger partial charge on any atom is -0.382 e. The number of nitrogens with zero attached hydrogens (tertiary/aromatic N) is 1. The van der Waals surface area contributed by atoms with Gasteiger partial charge in [0.05, 0.1) is 10.6 Å². The van der Waals surface area contributed by atoms with Crippen molar-refractivity contribution in [3.05, 3.63) is 34.7 Å². The summed E-state index contributed by atoms with van der Waals surface area (Å²) >= 11 is 5.83. The van der Waals surface area contributed by atoms with E-state index in [1.54, 1.807) is 0 Å². The predicted octanol–water partition coefficient (Wildman–Crippen LogP) is 3.56. The van der Waals surface area contributed by atoms with Gasteiger partial charge in [0.2, 0.25) is 0 Å². The zero-order valence-corrected chi connectivity index (χ0v) is 10.0. The van der Waals surface area contributed by atoms with Crippen LogP contribution >= 0.6 is 11.6 Å². The standard InChI is InChI=1S/C11H9ClF3N3/c1-11(14,15)9-8(10(16)18-17-9)6-3-2-5(13)4-7(6)12/h2-4H,1H3,(H3,16,17,18). The summed E-state index contributed by atoms with van der Waals surface area (Å²) in [5.41, 5.74) is 5.30. The van der Waals surface area contributed by atoms with Crippen LogP contribution in [-0.4, -0.2) is 10.2 Å². The van der Waals surface area contributed by atoms with Gasteiger partial charge in [0.25, 0.3) is 5.92 Å². The van der Waals surface area contributed by atoms with Gasteiger partial charge in [0.1, 0.15) is 11.5 Å². The number of hydrogen-bond acceptors (Lipinski definition) is 2. The SMILES string of the molecule is CC(F)(F)c1[nH]nc(N)c1-c1ccc(F)cc1Cl. The van der Waals surface area contributed by atoms with E-state index in [-0.39, 0.29) is 22.0 Å². The van der Waals surface area contributed by atoms with Crippen molar-refractivity contribution < 1.29 is 13.2 Å². The molecule has 0 aliphatic rings. The van der Waals surface area contributed by atoms with Gasteiger partial charge in [0.15, 0.2) is 5.82 Å². The van der Waals surface area contributed by atoms with Gasteiger partial charge >= 0.3 is 0 Å². The molecule has 2 rings (SSSR count). The third-order valence-electron chi connectivity index (χ3n) is 2.43. The quantitative estimate of drug-likeness (QED) is 0.880. The number of rotatable bonds is 2. The first-order valence-corrected chi connectivity index (χ1v) is 5.36. The van der Waals surface area contributed by atoms with Crippen LogP contribution in [0.3, 0.4) is 0 Å². The topological polar surface area (TPSA) is 54.7 Å². The Balaban J connectivity index is 2.67. The van der Waals surface area contributed by atoms with Crippen LogP contribution in [0.1, 0.15) is 12.6 Å². The molecule has 0 aliphatic heterocycles. The average Bonchev–Trinajstić information content (AvgIpc) is 2.60. The van der Waals surface area contributed by atoms with Crippen molar-refractivity contribution in [2.24, 2.45) is 0 Å².